The molecule has 12 heavy (non-hydrogen) atoms. The van der Waals surface area contributed by atoms with E-state index in [0.29, 0.717) is 0 Å². The van der Waals surface area contributed by atoms with E-state index in [9.17, 15) is 0 Å². The second-order valence-corrected chi connectivity index (χ2v) is 6.35. The molecule has 0 aliphatic rings. The fourth-order valence-corrected chi connectivity index (χ4v) is 3.82. The van der Waals surface area contributed by atoms with Gasteiger partial charge in [-0.05, 0) is 0 Å². The summed E-state index contributed by atoms with van der Waals surface area (Å²) in [5.41, 5.74) is 1.38. The zero-order valence-electron chi connectivity index (χ0n) is 7.84. The van der Waals surface area contributed by atoms with Crippen molar-refractivity contribution in [1.82, 2.24) is 0 Å². The molecular formula is C11H16Te. The molecule has 0 heterocycles. The summed E-state index contributed by atoms with van der Waals surface area (Å²) >= 11 is 0.137. The van der Waals surface area contributed by atoms with E-state index < -0.39 is 0 Å². The third-order valence-corrected chi connectivity index (χ3v) is 4.92. The Morgan fingerprint density at radius 1 is 1.17 bits per heavy atom. The van der Waals surface area contributed by atoms with E-state index in [4.69, 9.17) is 0 Å². The number of benzene rings is 1. The van der Waals surface area contributed by atoms with Gasteiger partial charge < -0.3 is 0 Å². The topological polar surface area (TPSA) is 0 Å². The maximum absolute atomic E-state index is 2.30. The Labute approximate surface area is 85.5 Å². The Morgan fingerprint density at radius 2 is 1.83 bits per heavy atom. The van der Waals surface area contributed by atoms with Gasteiger partial charge in [-0.2, -0.15) is 0 Å². The van der Waals surface area contributed by atoms with Crippen LogP contribution in [0.4, 0.5) is 0 Å². The van der Waals surface area contributed by atoms with Gasteiger partial charge in [-0.1, -0.05) is 0 Å². The molecule has 1 aromatic carbocycles. The molecule has 1 heteroatoms. The Balaban J connectivity index is 2.37. The second-order valence-electron chi connectivity index (χ2n) is 3.02. The Kier molecular flexibility index (Phi) is 4.73. The van der Waals surface area contributed by atoms with Crippen LogP contribution < -0.4 is 3.61 Å². The van der Waals surface area contributed by atoms with E-state index in [1.807, 2.05) is 0 Å². The van der Waals surface area contributed by atoms with Gasteiger partial charge in [0.05, 0.1) is 0 Å². The third kappa shape index (κ3) is 3.61. The van der Waals surface area contributed by atoms with E-state index in [1.54, 1.807) is 3.61 Å². The minimum atomic E-state index is 0.137. The average molecular weight is 276 g/mol. The molecule has 0 saturated heterocycles. The van der Waals surface area contributed by atoms with Gasteiger partial charge in [-0.25, -0.2) is 0 Å². The molecule has 0 aliphatic carbocycles. The van der Waals surface area contributed by atoms with Crippen LogP contribution in [0.25, 0.3) is 0 Å². The van der Waals surface area contributed by atoms with Crippen molar-refractivity contribution in [3.05, 3.63) is 29.8 Å². The van der Waals surface area contributed by atoms with Crippen LogP contribution in [0.15, 0.2) is 24.3 Å². The summed E-state index contributed by atoms with van der Waals surface area (Å²) in [4.78, 5) is 0. The summed E-state index contributed by atoms with van der Waals surface area (Å²) in [6.45, 7) is 4.42. The van der Waals surface area contributed by atoms with Crippen molar-refractivity contribution in [2.75, 3.05) is 0 Å². The van der Waals surface area contributed by atoms with Crippen molar-refractivity contribution in [3.63, 3.8) is 0 Å². The van der Waals surface area contributed by atoms with Crippen LogP contribution in [0, 0.1) is 6.92 Å². The van der Waals surface area contributed by atoms with Gasteiger partial charge in [-0.3, -0.25) is 0 Å². The van der Waals surface area contributed by atoms with E-state index in [2.05, 4.69) is 38.1 Å². The first kappa shape index (κ1) is 10.1. The fourth-order valence-electron chi connectivity index (χ4n) is 0.969. The zero-order chi connectivity index (χ0) is 8.81. The first-order valence-electron chi connectivity index (χ1n) is 4.52. The number of hydrogen-bond acceptors (Lipinski definition) is 0. The van der Waals surface area contributed by atoms with Crippen molar-refractivity contribution in [2.24, 2.45) is 0 Å². The summed E-state index contributed by atoms with van der Waals surface area (Å²) in [7, 11) is 0. The quantitative estimate of drug-likeness (QED) is 0.585. The van der Waals surface area contributed by atoms with Crippen LogP contribution in [0.1, 0.15) is 25.3 Å². The van der Waals surface area contributed by atoms with Gasteiger partial charge in [0, 0.05) is 0 Å². The fraction of sp³-hybridized carbons (Fsp3) is 0.455. The predicted molar refractivity (Wildman–Crippen MR) is 56.3 cm³/mol. The van der Waals surface area contributed by atoms with Crippen molar-refractivity contribution in [1.29, 1.82) is 0 Å². The van der Waals surface area contributed by atoms with Crippen molar-refractivity contribution in [3.8, 4) is 0 Å². The van der Waals surface area contributed by atoms with Crippen LogP contribution in [-0.4, -0.2) is 20.9 Å². The summed E-state index contributed by atoms with van der Waals surface area (Å²) in [5.74, 6) is 0. The molecule has 0 saturated carbocycles. The summed E-state index contributed by atoms with van der Waals surface area (Å²) in [6, 6.07) is 9.05. The van der Waals surface area contributed by atoms with Gasteiger partial charge in [0.15, 0.2) is 0 Å². The molecule has 0 bridgehead atoms. The molecule has 0 amide bonds. The molecule has 0 nitrogen and oxygen atoms in total. The number of hydrogen-bond donors (Lipinski definition) is 0. The van der Waals surface area contributed by atoms with Crippen molar-refractivity contribution < 1.29 is 0 Å². The molecule has 0 aromatic heterocycles. The number of rotatable bonds is 4. The summed E-state index contributed by atoms with van der Waals surface area (Å²) < 4.78 is 3.07. The molecular weight excluding hydrogens is 260 g/mol. The minimum absolute atomic E-state index is 0.137. The molecule has 0 atom stereocenters. The monoisotopic (exact) mass is 278 g/mol. The van der Waals surface area contributed by atoms with Crippen LogP contribution in [0.2, 0.25) is 4.47 Å². The normalized spacial score (nSPS) is 10.2. The molecule has 1 aromatic rings. The Bertz CT molecular complexity index is 213. The van der Waals surface area contributed by atoms with Crippen LogP contribution in [0.3, 0.4) is 0 Å². The van der Waals surface area contributed by atoms with Crippen molar-refractivity contribution in [2.45, 2.75) is 31.2 Å². The molecule has 0 N–H and O–H groups in total. The molecule has 0 spiro atoms. The molecule has 66 valence electrons. The molecule has 0 radical (unpaired) electrons. The summed E-state index contributed by atoms with van der Waals surface area (Å²) in [5, 5.41) is 0. The van der Waals surface area contributed by atoms with Gasteiger partial charge in [0.1, 0.15) is 0 Å². The Morgan fingerprint density at radius 3 is 2.42 bits per heavy atom. The third-order valence-electron chi connectivity index (χ3n) is 1.79. The van der Waals surface area contributed by atoms with E-state index in [-0.39, 0.29) is 20.9 Å². The van der Waals surface area contributed by atoms with Crippen LogP contribution >= 0.6 is 0 Å². The van der Waals surface area contributed by atoms with E-state index in [0.717, 1.165) is 0 Å². The Hall–Kier alpha value is 0.00961. The number of unbranched alkanes of at least 4 members (excludes halogenated alkanes) is 1. The van der Waals surface area contributed by atoms with Gasteiger partial charge >= 0.3 is 85.5 Å². The van der Waals surface area contributed by atoms with Crippen LogP contribution in [0.5, 0.6) is 0 Å². The standard InChI is InChI=1S/C11H16Te/c1-3-4-9-12-11-7-5-10(2)6-8-11/h5-8H,3-4,9H2,1-2H3. The van der Waals surface area contributed by atoms with Crippen molar-refractivity contribution >= 4 is 24.5 Å². The maximum atomic E-state index is 2.30. The molecule has 0 fully saturated rings. The molecule has 0 unspecified atom stereocenters. The van der Waals surface area contributed by atoms with Gasteiger partial charge in [0.2, 0.25) is 0 Å². The van der Waals surface area contributed by atoms with E-state index >= 15 is 0 Å². The van der Waals surface area contributed by atoms with E-state index in [1.165, 1.54) is 22.9 Å². The molecule has 0 aliphatic heterocycles. The number of aryl methyl sites for hydroxylation is 1. The first-order chi connectivity index (χ1) is 5.83. The summed E-state index contributed by atoms with van der Waals surface area (Å²) in [6.07, 6.45) is 2.76. The first-order valence-corrected chi connectivity index (χ1v) is 7.33. The molecule has 1 rings (SSSR count). The van der Waals surface area contributed by atoms with Gasteiger partial charge in [-0.15, -0.1) is 0 Å². The zero-order valence-corrected chi connectivity index (χ0v) is 10.2. The second kappa shape index (κ2) is 5.62. The SMILES string of the molecule is CCCC[Te]c1ccc(C)cc1. The van der Waals surface area contributed by atoms with Crippen LogP contribution in [-0.2, 0) is 0 Å². The predicted octanol–water partition coefficient (Wildman–Crippen LogP) is 2.54. The van der Waals surface area contributed by atoms with Gasteiger partial charge in [0.25, 0.3) is 0 Å². The average Bonchev–Trinajstić information content (AvgIpc) is 2.09.